The zero-order valence-electron chi connectivity index (χ0n) is 12.1. The number of nitrogens with zero attached hydrogens (tertiary/aromatic N) is 2. The summed E-state index contributed by atoms with van der Waals surface area (Å²) in [7, 11) is 0. The van der Waals surface area contributed by atoms with E-state index >= 15 is 0 Å². The molecule has 2 aromatic rings. The van der Waals surface area contributed by atoms with Crippen molar-refractivity contribution in [1.29, 1.82) is 0 Å². The van der Waals surface area contributed by atoms with E-state index in [0.717, 1.165) is 17.8 Å². The van der Waals surface area contributed by atoms with Crippen molar-refractivity contribution >= 4 is 22.4 Å². The molecule has 2 heterocycles. The van der Waals surface area contributed by atoms with Crippen LogP contribution in [0.4, 0.5) is 5.13 Å². The zero-order valence-corrected chi connectivity index (χ0v) is 12.9. The zero-order chi connectivity index (χ0) is 14.7. The predicted molar refractivity (Wildman–Crippen MR) is 84.1 cm³/mol. The van der Waals surface area contributed by atoms with Gasteiger partial charge in [-0.3, -0.25) is 4.79 Å². The first-order valence-electron chi connectivity index (χ1n) is 6.60. The molecule has 0 aliphatic heterocycles. The van der Waals surface area contributed by atoms with Gasteiger partial charge in [-0.1, -0.05) is 13.0 Å². The first kappa shape index (κ1) is 14.5. The molecule has 2 rings (SSSR count). The number of aryl methyl sites for hydroxylation is 1. The average molecular weight is 289 g/mol. The van der Waals surface area contributed by atoms with Crippen LogP contribution >= 0.6 is 11.3 Å². The fourth-order valence-corrected chi connectivity index (χ4v) is 2.86. The molecule has 106 valence electrons. The summed E-state index contributed by atoms with van der Waals surface area (Å²) in [5.41, 5.74) is 4.37. The van der Waals surface area contributed by atoms with Gasteiger partial charge < -0.3 is 9.88 Å². The second kappa shape index (κ2) is 6.05. The second-order valence-corrected chi connectivity index (χ2v) is 5.48. The van der Waals surface area contributed by atoms with Crippen LogP contribution in [0.25, 0.3) is 11.3 Å². The maximum Gasteiger partial charge on any atom is 0.225 e. The van der Waals surface area contributed by atoms with Crippen LogP contribution in [0.1, 0.15) is 24.7 Å². The molecule has 0 aliphatic rings. The van der Waals surface area contributed by atoms with E-state index in [9.17, 15) is 4.79 Å². The number of hydrogen-bond acceptors (Lipinski definition) is 3. The Morgan fingerprint density at radius 1 is 1.55 bits per heavy atom. The van der Waals surface area contributed by atoms with Crippen molar-refractivity contribution in [2.24, 2.45) is 0 Å². The molecule has 0 saturated carbocycles. The number of nitrogens with one attached hydrogen (secondary N) is 1. The molecule has 1 N–H and O–H groups in total. The molecular formula is C15H19N3OS. The highest BCUT2D eigenvalue weighted by Gasteiger charge is 2.13. The van der Waals surface area contributed by atoms with Gasteiger partial charge >= 0.3 is 0 Å². The van der Waals surface area contributed by atoms with E-state index in [4.69, 9.17) is 0 Å². The topological polar surface area (TPSA) is 46.9 Å². The Labute approximate surface area is 123 Å². The Morgan fingerprint density at radius 3 is 2.95 bits per heavy atom. The third-order valence-electron chi connectivity index (χ3n) is 3.23. The van der Waals surface area contributed by atoms with Gasteiger partial charge in [-0.2, -0.15) is 0 Å². The van der Waals surface area contributed by atoms with Gasteiger partial charge in [0.2, 0.25) is 5.91 Å². The van der Waals surface area contributed by atoms with E-state index in [1.54, 1.807) is 0 Å². The third-order valence-corrected chi connectivity index (χ3v) is 3.99. The quantitative estimate of drug-likeness (QED) is 0.852. The van der Waals surface area contributed by atoms with Crippen LogP contribution in [0.2, 0.25) is 0 Å². The van der Waals surface area contributed by atoms with Crippen LogP contribution in [0.5, 0.6) is 0 Å². The van der Waals surface area contributed by atoms with Crippen molar-refractivity contribution in [2.45, 2.75) is 33.7 Å². The molecule has 2 aromatic heterocycles. The lowest BCUT2D eigenvalue weighted by Crippen LogP contribution is -2.08. The predicted octanol–water partition coefficient (Wildman–Crippen LogP) is 3.76. The Bertz CT molecular complexity index is 640. The summed E-state index contributed by atoms with van der Waals surface area (Å²) < 4.78 is 2.20. The number of allylic oxidation sites excluding steroid dienone is 1. The highest BCUT2D eigenvalue weighted by atomic mass is 32.1. The molecule has 4 nitrogen and oxygen atoms in total. The molecule has 0 aliphatic carbocycles. The van der Waals surface area contributed by atoms with Crippen molar-refractivity contribution in [1.82, 2.24) is 9.55 Å². The summed E-state index contributed by atoms with van der Waals surface area (Å²) in [5.74, 6) is -0.0111. The Kier molecular flexibility index (Phi) is 4.39. The Morgan fingerprint density at radius 2 is 2.30 bits per heavy atom. The Hall–Kier alpha value is -1.88. The summed E-state index contributed by atoms with van der Waals surface area (Å²) in [4.78, 5) is 15.9. The van der Waals surface area contributed by atoms with Crippen molar-refractivity contribution in [2.75, 3.05) is 5.32 Å². The standard InChI is InChI=1S/C15H19N3OS/c1-5-7-18-10(3)8-12(11(18)4)13-9-20-15(16-13)17-14(19)6-2/h5,8-9H,1,6-7H2,2-4H3,(H,16,17,19). The summed E-state index contributed by atoms with van der Waals surface area (Å²) in [6.45, 7) is 10.6. The Balaban J connectivity index is 2.30. The van der Waals surface area contributed by atoms with Crippen molar-refractivity contribution < 1.29 is 4.79 Å². The van der Waals surface area contributed by atoms with Gasteiger partial charge in [0.1, 0.15) is 0 Å². The number of carbonyl (C=O) groups is 1. The molecule has 0 atom stereocenters. The molecule has 0 fully saturated rings. The van der Waals surface area contributed by atoms with Gasteiger partial charge in [0.15, 0.2) is 5.13 Å². The largest absolute Gasteiger partial charge is 0.345 e. The smallest absolute Gasteiger partial charge is 0.225 e. The SMILES string of the molecule is C=CCn1c(C)cc(-c2csc(NC(=O)CC)n2)c1C. The molecule has 20 heavy (non-hydrogen) atoms. The van der Waals surface area contributed by atoms with Crippen LogP contribution in [-0.4, -0.2) is 15.5 Å². The molecule has 0 spiro atoms. The van der Waals surface area contributed by atoms with E-state index in [1.807, 2.05) is 18.4 Å². The van der Waals surface area contributed by atoms with E-state index < -0.39 is 0 Å². The van der Waals surface area contributed by atoms with E-state index in [1.165, 1.54) is 22.7 Å². The number of amides is 1. The molecule has 0 saturated heterocycles. The monoisotopic (exact) mass is 289 g/mol. The molecule has 0 radical (unpaired) electrons. The first-order valence-corrected chi connectivity index (χ1v) is 7.48. The molecule has 5 heteroatoms. The van der Waals surface area contributed by atoms with Crippen molar-refractivity contribution in [3.8, 4) is 11.3 Å². The number of rotatable bonds is 5. The van der Waals surface area contributed by atoms with Crippen LogP contribution in [0.3, 0.4) is 0 Å². The fraction of sp³-hybridized carbons (Fsp3) is 0.333. The van der Waals surface area contributed by atoms with Gasteiger partial charge in [-0.25, -0.2) is 4.98 Å². The molecular weight excluding hydrogens is 270 g/mol. The van der Waals surface area contributed by atoms with E-state index in [0.29, 0.717) is 11.6 Å². The van der Waals surface area contributed by atoms with Gasteiger partial charge in [0, 0.05) is 35.3 Å². The maximum absolute atomic E-state index is 11.4. The van der Waals surface area contributed by atoms with E-state index in [-0.39, 0.29) is 5.91 Å². The highest BCUT2D eigenvalue weighted by Crippen LogP contribution is 2.29. The summed E-state index contributed by atoms with van der Waals surface area (Å²) in [6, 6.07) is 2.12. The van der Waals surface area contributed by atoms with Gasteiger partial charge in [-0.15, -0.1) is 17.9 Å². The summed E-state index contributed by atoms with van der Waals surface area (Å²) in [5, 5.41) is 5.42. The van der Waals surface area contributed by atoms with Crippen LogP contribution in [0, 0.1) is 13.8 Å². The highest BCUT2D eigenvalue weighted by molar-refractivity contribution is 7.14. The minimum atomic E-state index is -0.0111. The fourth-order valence-electron chi connectivity index (χ4n) is 2.13. The molecule has 1 amide bonds. The molecule has 0 aromatic carbocycles. The van der Waals surface area contributed by atoms with Crippen molar-refractivity contribution in [3.05, 3.63) is 35.5 Å². The summed E-state index contributed by atoms with van der Waals surface area (Å²) in [6.07, 6.45) is 2.35. The normalized spacial score (nSPS) is 10.6. The number of aromatic nitrogens is 2. The van der Waals surface area contributed by atoms with Crippen molar-refractivity contribution in [3.63, 3.8) is 0 Å². The average Bonchev–Trinajstić information content (AvgIpc) is 2.98. The summed E-state index contributed by atoms with van der Waals surface area (Å²) >= 11 is 1.45. The van der Waals surface area contributed by atoms with Crippen LogP contribution in [-0.2, 0) is 11.3 Å². The second-order valence-electron chi connectivity index (χ2n) is 4.62. The number of anilines is 1. The minimum absolute atomic E-state index is 0.0111. The first-order chi connectivity index (χ1) is 9.56. The van der Waals surface area contributed by atoms with Crippen LogP contribution < -0.4 is 5.32 Å². The van der Waals surface area contributed by atoms with Gasteiger partial charge in [0.05, 0.1) is 5.69 Å². The maximum atomic E-state index is 11.4. The lowest BCUT2D eigenvalue weighted by molar-refractivity contribution is -0.115. The van der Waals surface area contributed by atoms with Gasteiger partial charge in [-0.05, 0) is 19.9 Å². The van der Waals surface area contributed by atoms with E-state index in [2.05, 4.69) is 41.4 Å². The molecule has 0 bridgehead atoms. The lowest BCUT2D eigenvalue weighted by atomic mass is 10.2. The van der Waals surface area contributed by atoms with Gasteiger partial charge in [0.25, 0.3) is 0 Å². The number of thiazole rings is 1. The minimum Gasteiger partial charge on any atom is -0.345 e. The number of carbonyl (C=O) groups excluding carboxylic acids is 1. The lowest BCUT2D eigenvalue weighted by Gasteiger charge is -2.05. The van der Waals surface area contributed by atoms with Crippen LogP contribution in [0.15, 0.2) is 24.1 Å². The number of hydrogen-bond donors (Lipinski definition) is 1. The third kappa shape index (κ3) is 2.82. The molecule has 0 unspecified atom stereocenters.